The molecule has 0 aliphatic rings. The zero-order valence-corrected chi connectivity index (χ0v) is 14.5. The Hall–Kier alpha value is -0.570. The van der Waals surface area contributed by atoms with Gasteiger partial charge in [-0.2, -0.15) is 0 Å². The molecule has 0 atom stereocenters. The second-order valence-corrected chi connectivity index (χ2v) is 6.52. The van der Waals surface area contributed by atoms with Crippen molar-refractivity contribution < 1.29 is 0 Å². The predicted molar refractivity (Wildman–Crippen MR) is 89.8 cm³/mol. The Morgan fingerprint density at radius 1 is 0.444 bits per heavy atom. The van der Waals surface area contributed by atoms with Crippen LogP contribution in [0.2, 0.25) is 0 Å². The van der Waals surface area contributed by atoms with Gasteiger partial charge in [-0.05, 0) is 121 Å². The molecule has 0 spiro atoms. The van der Waals surface area contributed by atoms with E-state index in [1.54, 1.807) is 0 Å². The fourth-order valence-electron chi connectivity index (χ4n) is 2.99. The van der Waals surface area contributed by atoms with E-state index in [4.69, 9.17) is 0 Å². The molecular formula is C17H21I. The molecule has 1 heteroatoms. The summed E-state index contributed by atoms with van der Waals surface area (Å²) in [5, 5.41) is 2.95. The molecule has 0 nitrogen and oxygen atoms in total. The van der Waals surface area contributed by atoms with Crippen LogP contribution < -0.4 is 0 Å². The van der Waals surface area contributed by atoms with Crippen LogP contribution in [0.4, 0.5) is 0 Å². The van der Waals surface area contributed by atoms with Crippen LogP contribution in [0.15, 0.2) is 0 Å². The first-order valence-corrected chi connectivity index (χ1v) is 7.52. The van der Waals surface area contributed by atoms with E-state index in [0.717, 1.165) is 0 Å². The summed E-state index contributed by atoms with van der Waals surface area (Å²) in [4.78, 5) is 0. The molecule has 2 aromatic carbocycles. The van der Waals surface area contributed by atoms with Crippen LogP contribution >= 0.6 is 22.6 Å². The van der Waals surface area contributed by atoms with Gasteiger partial charge in [0.2, 0.25) is 0 Å². The van der Waals surface area contributed by atoms with Crippen molar-refractivity contribution in [1.29, 1.82) is 0 Å². The number of hydrogen-bond donors (Lipinski definition) is 0. The van der Waals surface area contributed by atoms with E-state index in [0.29, 0.717) is 0 Å². The third-order valence-corrected chi connectivity index (χ3v) is 6.28. The molecule has 0 saturated heterocycles. The van der Waals surface area contributed by atoms with E-state index in [1.807, 2.05) is 0 Å². The average molecular weight is 352 g/mol. The molecule has 0 heterocycles. The van der Waals surface area contributed by atoms with E-state index >= 15 is 0 Å². The number of benzene rings is 2. The lowest BCUT2D eigenvalue weighted by atomic mass is 9.86. The quantitative estimate of drug-likeness (QED) is 0.541. The Bertz CT molecular complexity index is 551. The van der Waals surface area contributed by atoms with Crippen molar-refractivity contribution in [3.05, 3.63) is 42.5 Å². The molecular weight excluding hydrogens is 331 g/mol. The highest BCUT2D eigenvalue weighted by Gasteiger charge is 2.16. The van der Waals surface area contributed by atoms with Crippen LogP contribution in [-0.4, -0.2) is 0 Å². The Kier molecular flexibility index (Phi) is 3.48. The molecule has 0 saturated carbocycles. The molecule has 18 heavy (non-hydrogen) atoms. The third-order valence-electron chi connectivity index (χ3n) is 4.66. The minimum atomic E-state index is 1.42. The van der Waals surface area contributed by atoms with E-state index in [2.05, 4.69) is 71.1 Å². The summed E-state index contributed by atoms with van der Waals surface area (Å²) in [6, 6.07) is 0. The molecule has 2 rings (SSSR count). The fourth-order valence-corrected chi connectivity index (χ4v) is 3.67. The maximum absolute atomic E-state index is 2.49. The first-order valence-electron chi connectivity index (χ1n) is 6.44. The normalized spacial score (nSPS) is 11.3. The summed E-state index contributed by atoms with van der Waals surface area (Å²) in [6.07, 6.45) is 0. The van der Waals surface area contributed by atoms with Gasteiger partial charge in [0, 0.05) is 3.57 Å². The monoisotopic (exact) mass is 352 g/mol. The van der Waals surface area contributed by atoms with Crippen LogP contribution in [-0.2, 0) is 0 Å². The van der Waals surface area contributed by atoms with E-state index in [1.165, 1.54) is 53.3 Å². The summed E-state index contributed by atoms with van der Waals surface area (Å²) in [7, 11) is 0. The second-order valence-electron chi connectivity index (χ2n) is 5.44. The molecule has 0 amide bonds. The largest absolute Gasteiger partial charge is 0.0444 e. The predicted octanol–water partition coefficient (Wildman–Crippen LogP) is 5.60. The highest BCUT2D eigenvalue weighted by Crippen LogP contribution is 2.37. The number of fused-ring (bicyclic) bond motifs is 1. The Morgan fingerprint density at radius 2 is 0.778 bits per heavy atom. The first-order chi connectivity index (χ1) is 8.29. The lowest BCUT2D eigenvalue weighted by molar-refractivity contribution is 1.22. The van der Waals surface area contributed by atoms with E-state index < -0.39 is 0 Å². The van der Waals surface area contributed by atoms with Crippen LogP contribution in [0, 0.1) is 52.0 Å². The molecule has 0 N–H and O–H groups in total. The average Bonchev–Trinajstić information content (AvgIpc) is 2.35. The summed E-state index contributed by atoms with van der Waals surface area (Å²) < 4.78 is 1.42. The van der Waals surface area contributed by atoms with Crippen LogP contribution in [0.1, 0.15) is 38.9 Å². The maximum Gasteiger partial charge on any atom is 0.0197 e. The SMILES string of the molecule is Cc1c(C)c(C)c2c(C)c(I)c(C)c(C)c2c1C. The number of aryl methyl sites for hydroxylation is 4. The molecule has 2 aromatic rings. The Morgan fingerprint density at radius 3 is 1.22 bits per heavy atom. The summed E-state index contributed by atoms with van der Waals surface area (Å²) in [5.41, 5.74) is 10.1. The van der Waals surface area contributed by atoms with Gasteiger partial charge in [-0.25, -0.2) is 0 Å². The van der Waals surface area contributed by atoms with Crippen molar-refractivity contribution in [3.8, 4) is 0 Å². The van der Waals surface area contributed by atoms with E-state index in [-0.39, 0.29) is 0 Å². The van der Waals surface area contributed by atoms with Gasteiger partial charge in [0.15, 0.2) is 0 Å². The molecule has 0 fully saturated rings. The topological polar surface area (TPSA) is 0 Å². The maximum atomic E-state index is 2.49. The van der Waals surface area contributed by atoms with Crippen molar-refractivity contribution >= 4 is 33.4 Å². The minimum absolute atomic E-state index is 1.42. The van der Waals surface area contributed by atoms with Gasteiger partial charge in [-0.15, -0.1) is 0 Å². The molecule has 0 aliphatic heterocycles. The summed E-state index contributed by atoms with van der Waals surface area (Å²) in [5.74, 6) is 0. The molecule has 0 radical (unpaired) electrons. The van der Waals surface area contributed by atoms with Gasteiger partial charge in [0.1, 0.15) is 0 Å². The smallest absolute Gasteiger partial charge is 0.0197 e. The van der Waals surface area contributed by atoms with Gasteiger partial charge < -0.3 is 0 Å². The molecule has 0 unspecified atom stereocenters. The minimum Gasteiger partial charge on any atom is -0.0444 e. The van der Waals surface area contributed by atoms with Gasteiger partial charge >= 0.3 is 0 Å². The van der Waals surface area contributed by atoms with Crippen molar-refractivity contribution in [3.63, 3.8) is 0 Å². The van der Waals surface area contributed by atoms with Crippen molar-refractivity contribution in [2.24, 2.45) is 0 Å². The van der Waals surface area contributed by atoms with Crippen molar-refractivity contribution in [2.75, 3.05) is 0 Å². The lowest BCUT2D eigenvalue weighted by Gasteiger charge is -2.20. The first kappa shape index (κ1) is 13.9. The standard InChI is InChI=1S/C17H21I/c1-8-9(2)11(4)16-14(7)17(18)13(6)12(5)15(16)10(8)3/h1-7H3. The number of rotatable bonds is 0. The van der Waals surface area contributed by atoms with Crippen molar-refractivity contribution in [2.45, 2.75) is 48.5 Å². The lowest BCUT2D eigenvalue weighted by Crippen LogP contribution is -2.01. The highest BCUT2D eigenvalue weighted by atomic mass is 127. The van der Waals surface area contributed by atoms with E-state index in [9.17, 15) is 0 Å². The van der Waals surface area contributed by atoms with Crippen LogP contribution in [0.3, 0.4) is 0 Å². The second kappa shape index (κ2) is 4.52. The molecule has 0 aliphatic carbocycles. The zero-order chi connectivity index (χ0) is 13.8. The van der Waals surface area contributed by atoms with Gasteiger partial charge in [0.25, 0.3) is 0 Å². The number of halogens is 1. The van der Waals surface area contributed by atoms with Gasteiger partial charge in [-0.3, -0.25) is 0 Å². The van der Waals surface area contributed by atoms with Gasteiger partial charge in [0.05, 0.1) is 0 Å². The van der Waals surface area contributed by atoms with Crippen molar-refractivity contribution in [1.82, 2.24) is 0 Å². The summed E-state index contributed by atoms with van der Waals surface area (Å²) in [6.45, 7) is 15.8. The molecule has 0 bridgehead atoms. The van der Waals surface area contributed by atoms with Crippen LogP contribution in [0.25, 0.3) is 10.8 Å². The Labute approximate surface area is 124 Å². The summed E-state index contributed by atoms with van der Waals surface area (Å²) >= 11 is 2.49. The molecule has 96 valence electrons. The fraction of sp³-hybridized carbons (Fsp3) is 0.412. The molecule has 0 aromatic heterocycles. The zero-order valence-electron chi connectivity index (χ0n) is 12.4. The number of hydrogen-bond acceptors (Lipinski definition) is 0. The highest BCUT2D eigenvalue weighted by molar-refractivity contribution is 14.1. The van der Waals surface area contributed by atoms with Gasteiger partial charge in [-0.1, -0.05) is 0 Å². The third kappa shape index (κ3) is 1.70. The Balaban J connectivity index is 3.22. The van der Waals surface area contributed by atoms with Crippen LogP contribution in [0.5, 0.6) is 0 Å².